The molecule has 0 spiro atoms. The van der Waals surface area contributed by atoms with E-state index in [4.69, 9.17) is 23.7 Å². The molecular formula is C17H20O6. The summed E-state index contributed by atoms with van der Waals surface area (Å²) in [6, 6.07) is 9.68. The summed E-state index contributed by atoms with van der Waals surface area (Å²) in [5.41, 5.74) is 0.931. The van der Waals surface area contributed by atoms with Crippen molar-refractivity contribution in [2.75, 3.05) is 13.7 Å². The number of rotatable bonds is 4. The van der Waals surface area contributed by atoms with E-state index in [0.29, 0.717) is 6.61 Å². The molecule has 5 atom stereocenters. The lowest BCUT2D eigenvalue weighted by molar-refractivity contribution is -0.282. The fraction of sp³-hybridized carbons (Fsp3) is 0.471. The first-order chi connectivity index (χ1) is 11.2. The molecule has 0 N–H and O–H groups in total. The van der Waals surface area contributed by atoms with E-state index >= 15 is 0 Å². The smallest absolute Gasteiger partial charge is 0.334 e. The average Bonchev–Trinajstić information content (AvgIpc) is 2.61. The van der Waals surface area contributed by atoms with Crippen molar-refractivity contribution in [3.63, 3.8) is 0 Å². The van der Waals surface area contributed by atoms with Gasteiger partial charge < -0.3 is 23.7 Å². The molecule has 3 rings (SSSR count). The maximum atomic E-state index is 11.6. The van der Waals surface area contributed by atoms with Crippen molar-refractivity contribution in [2.24, 2.45) is 0 Å². The topological polar surface area (TPSA) is 63.2 Å². The van der Waals surface area contributed by atoms with Gasteiger partial charge in [0.15, 0.2) is 18.5 Å². The number of hydrogen-bond donors (Lipinski definition) is 0. The summed E-state index contributed by atoms with van der Waals surface area (Å²) in [7, 11) is 1.33. The van der Waals surface area contributed by atoms with E-state index in [2.05, 4.69) is 0 Å². The predicted octanol–water partition coefficient (Wildman–Crippen LogP) is 1.96. The molecule has 1 unspecified atom stereocenters. The molecule has 1 fully saturated rings. The number of benzene rings is 1. The van der Waals surface area contributed by atoms with Gasteiger partial charge in [-0.05, 0) is 13.0 Å². The molecule has 0 aliphatic carbocycles. The van der Waals surface area contributed by atoms with Gasteiger partial charge in [-0.25, -0.2) is 4.79 Å². The first kappa shape index (κ1) is 16.0. The Balaban J connectivity index is 1.71. The normalized spacial score (nSPS) is 30.9. The van der Waals surface area contributed by atoms with Gasteiger partial charge in [0.05, 0.1) is 20.0 Å². The molecule has 0 radical (unpaired) electrons. The van der Waals surface area contributed by atoms with Crippen LogP contribution >= 0.6 is 0 Å². The Morgan fingerprint density at radius 1 is 1.30 bits per heavy atom. The maximum absolute atomic E-state index is 11.6. The van der Waals surface area contributed by atoms with Gasteiger partial charge in [-0.15, -0.1) is 0 Å². The van der Waals surface area contributed by atoms with Crippen LogP contribution in [0.4, 0.5) is 0 Å². The molecule has 1 aromatic carbocycles. The highest BCUT2D eigenvalue weighted by molar-refractivity contribution is 5.74. The number of ether oxygens (including phenoxy) is 5. The molecule has 0 aromatic heterocycles. The number of methoxy groups -OCH3 is 1. The first-order valence-electron chi connectivity index (χ1n) is 7.56. The van der Waals surface area contributed by atoms with E-state index in [1.165, 1.54) is 7.11 Å². The van der Waals surface area contributed by atoms with Crippen LogP contribution in [-0.2, 0) is 28.5 Å². The summed E-state index contributed by atoms with van der Waals surface area (Å²) in [6.45, 7) is 2.04. The summed E-state index contributed by atoms with van der Waals surface area (Å²) in [6.07, 6.45) is 1.11. The molecule has 6 nitrogen and oxygen atoms in total. The van der Waals surface area contributed by atoms with Gasteiger partial charge >= 0.3 is 5.97 Å². The molecule has 2 aliphatic heterocycles. The van der Waals surface area contributed by atoms with Gasteiger partial charge in [-0.1, -0.05) is 30.3 Å². The Morgan fingerprint density at radius 3 is 2.83 bits per heavy atom. The largest absolute Gasteiger partial charge is 0.493 e. The Labute approximate surface area is 134 Å². The fourth-order valence-electron chi connectivity index (χ4n) is 2.65. The molecule has 6 heteroatoms. The molecule has 2 heterocycles. The number of hydrogen-bond acceptors (Lipinski definition) is 6. The van der Waals surface area contributed by atoms with Gasteiger partial charge in [0.25, 0.3) is 0 Å². The molecule has 23 heavy (non-hydrogen) atoms. The van der Waals surface area contributed by atoms with Gasteiger partial charge in [0.2, 0.25) is 0 Å². The predicted molar refractivity (Wildman–Crippen MR) is 80.4 cm³/mol. The third-order valence-corrected chi connectivity index (χ3v) is 3.87. The Bertz CT molecular complexity index is 557. The summed E-state index contributed by atoms with van der Waals surface area (Å²) in [5.74, 6) is -0.423. The zero-order valence-electron chi connectivity index (χ0n) is 13.1. The highest BCUT2D eigenvalue weighted by Crippen LogP contribution is 2.32. The van der Waals surface area contributed by atoms with Crippen LogP contribution in [0.15, 0.2) is 42.7 Å². The van der Waals surface area contributed by atoms with Crippen molar-refractivity contribution in [3.8, 4) is 0 Å². The van der Waals surface area contributed by atoms with Crippen molar-refractivity contribution in [2.45, 2.75) is 37.6 Å². The van der Waals surface area contributed by atoms with Gasteiger partial charge in [0.1, 0.15) is 12.2 Å². The van der Waals surface area contributed by atoms with Crippen LogP contribution in [0.2, 0.25) is 0 Å². The molecule has 2 aliphatic rings. The summed E-state index contributed by atoms with van der Waals surface area (Å²) >= 11 is 0. The molecule has 1 saturated heterocycles. The molecule has 1 aromatic rings. The van der Waals surface area contributed by atoms with E-state index in [-0.39, 0.29) is 12.2 Å². The van der Waals surface area contributed by atoms with E-state index in [1.807, 2.05) is 30.3 Å². The minimum absolute atomic E-state index is 0.269. The van der Waals surface area contributed by atoms with Crippen LogP contribution < -0.4 is 0 Å². The van der Waals surface area contributed by atoms with Crippen LogP contribution in [0, 0.1) is 0 Å². The third kappa shape index (κ3) is 3.55. The molecule has 0 bridgehead atoms. The van der Waals surface area contributed by atoms with Gasteiger partial charge in [0, 0.05) is 5.56 Å². The lowest BCUT2D eigenvalue weighted by atomic mass is 10.0. The third-order valence-electron chi connectivity index (χ3n) is 3.87. The second kappa shape index (κ2) is 7.12. The second-order valence-electron chi connectivity index (χ2n) is 5.45. The monoisotopic (exact) mass is 320 g/mol. The fourth-order valence-corrected chi connectivity index (χ4v) is 2.65. The Kier molecular flexibility index (Phi) is 4.95. The Morgan fingerprint density at radius 2 is 2.09 bits per heavy atom. The molecule has 124 valence electrons. The maximum Gasteiger partial charge on any atom is 0.334 e. The van der Waals surface area contributed by atoms with Crippen LogP contribution in [0.25, 0.3) is 0 Å². The van der Waals surface area contributed by atoms with Crippen LogP contribution in [-0.4, -0.2) is 44.1 Å². The van der Waals surface area contributed by atoms with E-state index in [1.54, 1.807) is 19.3 Å². The van der Waals surface area contributed by atoms with Crippen LogP contribution in [0.3, 0.4) is 0 Å². The van der Waals surface area contributed by atoms with Crippen LogP contribution in [0.1, 0.15) is 18.8 Å². The average molecular weight is 320 g/mol. The van der Waals surface area contributed by atoms with E-state index < -0.39 is 24.5 Å². The minimum Gasteiger partial charge on any atom is -0.493 e. The Hall–Kier alpha value is -1.89. The lowest BCUT2D eigenvalue weighted by Gasteiger charge is -2.41. The van der Waals surface area contributed by atoms with Crippen LogP contribution in [0.5, 0.6) is 0 Å². The standard InChI is InChI=1S/C17H20O6/c1-11(16(18)19-2)22-13-8-9-20-14-10-21-17(23-15(13)14)12-6-4-3-5-7-12/h3-9,11,13-15,17H,10H2,1-2H3/t11-,13-,14-,15+,17?/m1/s1. The summed E-state index contributed by atoms with van der Waals surface area (Å²) < 4.78 is 27.8. The number of carbonyl (C=O) groups is 1. The minimum atomic E-state index is -0.685. The summed E-state index contributed by atoms with van der Waals surface area (Å²) in [4.78, 5) is 11.6. The molecule has 0 amide bonds. The number of esters is 1. The zero-order chi connectivity index (χ0) is 16.2. The van der Waals surface area contributed by atoms with Gasteiger partial charge in [-0.3, -0.25) is 0 Å². The van der Waals surface area contributed by atoms with Crippen molar-refractivity contribution in [3.05, 3.63) is 48.2 Å². The summed E-state index contributed by atoms with van der Waals surface area (Å²) in [5, 5.41) is 0. The van der Waals surface area contributed by atoms with E-state index in [9.17, 15) is 4.79 Å². The highest BCUT2D eigenvalue weighted by Gasteiger charge is 2.41. The molecular weight excluding hydrogens is 300 g/mol. The van der Waals surface area contributed by atoms with E-state index in [0.717, 1.165) is 5.56 Å². The van der Waals surface area contributed by atoms with Gasteiger partial charge in [-0.2, -0.15) is 0 Å². The SMILES string of the molecule is COC(=O)[C@@H](C)O[C@@H]1C=CO[C@@H]2COC(c3ccccc3)O[C@@H]12. The molecule has 0 saturated carbocycles. The quantitative estimate of drug-likeness (QED) is 0.790. The van der Waals surface area contributed by atoms with Crippen molar-refractivity contribution >= 4 is 5.97 Å². The van der Waals surface area contributed by atoms with Crippen molar-refractivity contribution in [1.82, 2.24) is 0 Å². The first-order valence-corrected chi connectivity index (χ1v) is 7.56. The second-order valence-corrected chi connectivity index (χ2v) is 5.45. The highest BCUT2D eigenvalue weighted by atomic mass is 16.7. The van der Waals surface area contributed by atoms with Crippen molar-refractivity contribution in [1.29, 1.82) is 0 Å². The van der Waals surface area contributed by atoms with Crippen molar-refractivity contribution < 1.29 is 28.5 Å². The number of fused-ring (bicyclic) bond motifs is 1. The number of carbonyl (C=O) groups excluding carboxylic acids is 1. The lowest BCUT2D eigenvalue weighted by Crippen LogP contribution is -2.51. The zero-order valence-corrected chi connectivity index (χ0v) is 13.1.